The van der Waals surface area contributed by atoms with Gasteiger partial charge in [0.05, 0.1) is 12.6 Å². The number of hydrogen-bond donors (Lipinski definition) is 1. The van der Waals surface area contributed by atoms with E-state index < -0.39 is 12.7 Å². The van der Waals surface area contributed by atoms with E-state index in [1.807, 2.05) is 0 Å². The largest absolute Gasteiger partial charge is 0.401 e. The maximum Gasteiger partial charge on any atom is 0.401 e. The summed E-state index contributed by atoms with van der Waals surface area (Å²) in [5.41, 5.74) is 0. The predicted molar refractivity (Wildman–Crippen MR) is 75.7 cm³/mol. The van der Waals surface area contributed by atoms with Crippen LogP contribution in [0.25, 0.3) is 0 Å². The highest BCUT2D eigenvalue weighted by molar-refractivity contribution is 5.74. The van der Waals surface area contributed by atoms with Crippen molar-refractivity contribution in [1.29, 1.82) is 0 Å². The van der Waals surface area contributed by atoms with Crippen LogP contribution in [0.1, 0.15) is 26.2 Å². The second-order valence-electron chi connectivity index (χ2n) is 6.04. The van der Waals surface area contributed by atoms with E-state index in [2.05, 4.69) is 5.32 Å². The van der Waals surface area contributed by atoms with Crippen LogP contribution in [0.15, 0.2) is 0 Å². The lowest BCUT2D eigenvalue weighted by atomic mass is 10.2. The fourth-order valence-electron chi connectivity index (χ4n) is 2.97. The van der Waals surface area contributed by atoms with Crippen LogP contribution in [0, 0.1) is 0 Å². The minimum Gasteiger partial charge on any atom is -0.378 e. The Kier molecular flexibility index (Phi) is 5.91. The van der Waals surface area contributed by atoms with Crippen LogP contribution in [0.4, 0.5) is 18.0 Å². The van der Waals surface area contributed by atoms with Gasteiger partial charge in [0.25, 0.3) is 0 Å². The summed E-state index contributed by atoms with van der Waals surface area (Å²) in [4.78, 5) is 15.0. The summed E-state index contributed by atoms with van der Waals surface area (Å²) in [7, 11) is 0. The van der Waals surface area contributed by atoms with E-state index in [-0.39, 0.29) is 24.7 Å². The Morgan fingerprint density at radius 2 is 2.14 bits per heavy atom. The molecule has 128 valence electrons. The Morgan fingerprint density at radius 1 is 1.36 bits per heavy atom. The summed E-state index contributed by atoms with van der Waals surface area (Å²) < 4.78 is 42.8. The van der Waals surface area contributed by atoms with Crippen LogP contribution in [-0.4, -0.2) is 73.5 Å². The lowest BCUT2D eigenvalue weighted by molar-refractivity contribution is -0.153. The topological polar surface area (TPSA) is 44.8 Å². The molecule has 0 aromatic carbocycles. The zero-order valence-electron chi connectivity index (χ0n) is 12.9. The van der Waals surface area contributed by atoms with Gasteiger partial charge in [0.15, 0.2) is 0 Å². The standard InChI is InChI=1S/C14H24F3N3O2/c1-11-9-19(6-7-20(11)10-14(15,16)17)13(21)18-5-4-12-3-2-8-22-12/h11-12H,2-10H2,1H3,(H,18,21)/t11-,12-/m1/s1. The minimum absolute atomic E-state index is 0.198. The van der Waals surface area contributed by atoms with E-state index in [9.17, 15) is 18.0 Å². The first-order valence-corrected chi connectivity index (χ1v) is 7.80. The smallest absolute Gasteiger partial charge is 0.378 e. The van der Waals surface area contributed by atoms with Crippen molar-refractivity contribution < 1.29 is 22.7 Å². The molecule has 0 aromatic heterocycles. The van der Waals surface area contributed by atoms with Crippen molar-refractivity contribution in [1.82, 2.24) is 15.1 Å². The third kappa shape index (κ3) is 5.31. The van der Waals surface area contributed by atoms with Crippen molar-refractivity contribution in [2.45, 2.75) is 44.5 Å². The number of carbonyl (C=O) groups excluding carboxylic acids is 1. The molecule has 8 heteroatoms. The van der Waals surface area contributed by atoms with E-state index in [0.29, 0.717) is 19.6 Å². The molecular formula is C14H24F3N3O2. The zero-order chi connectivity index (χ0) is 16.2. The van der Waals surface area contributed by atoms with Crippen molar-refractivity contribution in [3.63, 3.8) is 0 Å². The van der Waals surface area contributed by atoms with Crippen LogP contribution in [0.3, 0.4) is 0 Å². The molecule has 0 aliphatic carbocycles. The molecule has 5 nitrogen and oxygen atoms in total. The number of nitrogens with one attached hydrogen (secondary N) is 1. The van der Waals surface area contributed by atoms with E-state index >= 15 is 0 Å². The average molecular weight is 323 g/mol. The molecule has 0 unspecified atom stereocenters. The summed E-state index contributed by atoms with van der Waals surface area (Å²) in [6, 6.07) is -0.490. The number of halogens is 3. The maximum atomic E-state index is 12.4. The SMILES string of the molecule is C[C@@H]1CN(C(=O)NCC[C@H]2CCCO2)CCN1CC(F)(F)F. The Bertz CT molecular complexity index is 373. The second-order valence-corrected chi connectivity index (χ2v) is 6.04. The van der Waals surface area contributed by atoms with Gasteiger partial charge in [-0.1, -0.05) is 0 Å². The molecule has 2 saturated heterocycles. The van der Waals surface area contributed by atoms with Crippen molar-refractivity contribution in [2.75, 3.05) is 39.3 Å². The van der Waals surface area contributed by atoms with Gasteiger partial charge in [0, 0.05) is 38.8 Å². The van der Waals surface area contributed by atoms with Crippen LogP contribution in [-0.2, 0) is 4.74 Å². The third-order valence-corrected chi connectivity index (χ3v) is 4.20. The van der Waals surface area contributed by atoms with Crippen molar-refractivity contribution in [3.05, 3.63) is 0 Å². The molecule has 22 heavy (non-hydrogen) atoms. The predicted octanol–water partition coefficient (Wildman–Crippen LogP) is 1.83. The van der Waals surface area contributed by atoms with Crippen molar-refractivity contribution in [2.24, 2.45) is 0 Å². The van der Waals surface area contributed by atoms with Gasteiger partial charge in [-0.25, -0.2) is 4.79 Å². The molecule has 0 aromatic rings. The lowest BCUT2D eigenvalue weighted by Gasteiger charge is -2.40. The van der Waals surface area contributed by atoms with E-state index in [4.69, 9.17) is 4.74 Å². The summed E-state index contributed by atoms with van der Waals surface area (Å²) in [6.07, 6.45) is -1.09. The molecule has 2 aliphatic heterocycles. The molecule has 0 bridgehead atoms. The number of rotatable bonds is 4. The maximum absolute atomic E-state index is 12.4. The highest BCUT2D eigenvalue weighted by Crippen LogP contribution is 2.20. The molecule has 2 fully saturated rings. The van der Waals surface area contributed by atoms with Gasteiger partial charge in [0.2, 0.25) is 0 Å². The molecule has 2 aliphatic rings. The fourth-order valence-corrected chi connectivity index (χ4v) is 2.97. The summed E-state index contributed by atoms with van der Waals surface area (Å²) in [5.74, 6) is 0. The quantitative estimate of drug-likeness (QED) is 0.858. The van der Waals surface area contributed by atoms with Crippen LogP contribution >= 0.6 is 0 Å². The molecule has 2 heterocycles. The third-order valence-electron chi connectivity index (χ3n) is 4.20. The number of alkyl halides is 3. The van der Waals surface area contributed by atoms with Crippen LogP contribution < -0.4 is 5.32 Å². The summed E-state index contributed by atoms with van der Waals surface area (Å²) in [6.45, 7) is 3.03. The second kappa shape index (κ2) is 7.50. The summed E-state index contributed by atoms with van der Waals surface area (Å²) in [5, 5.41) is 2.83. The summed E-state index contributed by atoms with van der Waals surface area (Å²) >= 11 is 0. The Labute approximate surface area is 128 Å². The van der Waals surface area contributed by atoms with Crippen LogP contribution in [0.5, 0.6) is 0 Å². The highest BCUT2D eigenvalue weighted by Gasteiger charge is 2.35. The van der Waals surface area contributed by atoms with Crippen LogP contribution in [0.2, 0.25) is 0 Å². The molecule has 2 rings (SSSR count). The molecule has 2 amide bonds. The first-order chi connectivity index (χ1) is 10.3. The molecule has 0 saturated carbocycles. The first kappa shape index (κ1) is 17.3. The Balaban J connectivity index is 1.69. The number of carbonyl (C=O) groups is 1. The average Bonchev–Trinajstić information content (AvgIpc) is 2.92. The van der Waals surface area contributed by atoms with Gasteiger partial charge in [-0.2, -0.15) is 13.2 Å². The number of ether oxygens (including phenoxy) is 1. The normalized spacial score (nSPS) is 27.2. The molecule has 0 radical (unpaired) electrons. The van der Waals surface area contributed by atoms with Crippen molar-refractivity contribution >= 4 is 6.03 Å². The monoisotopic (exact) mass is 323 g/mol. The van der Waals surface area contributed by atoms with E-state index in [0.717, 1.165) is 25.9 Å². The van der Waals surface area contributed by atoms with E-state index in [1.54, 1.807) is 11.8 Å². The molecule has 0 spiro atoms. The number of nitrogens with zero attached hydrogens (tertiary/aromatic N) is 2. The van der Waals surface area contributed by atoms with Gasteiger partial charge < -0.3 is 15.0 Å². The highest BCUT2D eigenvalue weighted by atomic mass is 19.4. The number of urea groups is 1. The zero-order valence-corrected chi connectivity index (χ0v) is 12.9. The Morgan fingerprint density at radius 3 is 2.73 bits per heavy atom. The molecule has 1 N–H and O–H groups in total. The first-order valence-electron chi connectivity index (χ1n) is 7.80. The van der Waals surface area contributed by atoms with Gasteiger partial charge in [-0.15, -0.1) is 0 Å². The van der Waals surface area contributed by atoms with Gasteiger partial charge in [-0.3, -0.25) is 4.90 Å². The van der Waals surface area contributed by atoms with E-state index in [1.165, 1.54) is 4.90 Å². The molecular weight excluding hydrogens is 299 g/mol. The molecule has 2 atom stereocenters. The van der Waals surface area contributed by atoms with Crippen molar-refractivity contribution in [3.8, 4) is 0 Å². The number of amides is 2. The van der Waals surface area contributed by atoms with Gasteiger partial charge in [-0.05, 0) is 26.2 Å². The number of hydrogen-bond acceptors (Lipinski definition) is 3. The van der Waals surface area contributed by atoms with Gasteiger partial charge in [0.1, 0.15) is 0 Å². The fraction of sp³-hybridized carbons (Fsp3) is 0.929. The minimum atomic E-state index is -4.19. The lowest BCUT2D eigenvalue weighted by Crippen LogP contribution is -2.57. The number of piperazine rings is 1. The van der Waals surface area contributed by atoms with Gasteiger partial charge >= 0.3 is 12.2 Å². The Hall–Kier alpha value is -1.02.